The van der Waals surface area contributed by atoms with Crippen molar-refractivity contribution >= 4 is 40.9 Å². The second kappa shape index (κ2) is 7.90. The fourth-order valence-corrected chi connectivity index (χ4v) is 5.84. The molecule has 2 heterocycles. The number of halogens is 3. The molecule has 0 N–H and O–H groups in total. The Morgan fingerprint density at radius 1 is 1.00 bits per heavy atom. The summed E-state index contributed by atoms with van der Waals surface area (Å²) in [6.45, 7) is 0.529. The SMILES string of the molecule is O=C(c1ccc(Cl)cc1)N1CCSC12C(=O)N(Cc1ccc(F)cc1)c1ccc(F)cc12. The third-order valence-corrected chi connectivity index (χ3v) is 7.42. The van der Waals surface area contributed by atoms with Crippen LogP contribution in [-0.4, -0.2) is 29.0 Å². The molecular weight excluding hydrogens is 454 g/mol. The molecule has 2 amide bonds. The van der Waals surface area contributed by atoms with Crippen LogP contribution in [0.25, 0.3) is 0 Å². The number of amides is 2. The van der Waals surface area contributed by atoms with E-state index >= 15 is 0 Å². The second-order valence-corrected chi connectivity index (χ2v) is 9.36. The molecule has 3 aromatic rings. The average molecular weight is 471 g/mol. The molecule has 1 atom stereocenters. The molecule has 162 valence electrons. The fraction of sp³-hybridized carbons (Fsp3) is 0.167. The number of rotatable bonds is 3. The van der Waals surface area contributed by atoms with Crippen molar-refractivity contribution < 1.29 is 18.4 Å². The van der Waals surface area contributed by atoms with Gasteiger partial charge >= 0.3 is 0 Å². The van der Waals surface area contributed by atoms with Gasteiger partial charge in [-0.1, -0.05) is 23.7 Å². The minimum atomic E-state index is -1.35. The molecule has 0 aliphatic carbocycles. The van der Waals surface area contributed by atoms with Gasteiger partial charge in [-0.2, -0.15) is 0 Å². The lowest BCUT2D eigenvalue weighted by molar-refractivity contribution is -0.123. The van der Waals surface area contributed by atoms with E-state index in [1.807, 2.05) is 0 Å². The van der Waals surface area contributed by atoms with E-state index in [1.165, 1.54) is 40.9 Å². The minimum absolute atomic E-state index is 0.184. The normalized spacial score (nSPS) is 19.7. The summed E-state index contributed by atoms with van der Waals surface area (Å²) in [6.07, 6.45) is 0. The largest absolute Gasteiger partial charge is 0.311 e. The van der Waals surface area contributed by atoms with E-state index in [-0.39, 0.29) is 24.2 Å². The van der Waals surface area contributed by atoms with Crippen LogP contribution in [0.1, 0.15) is 21.5 Å². The highest BCUT2D eigenvalue weighted by Crippen LogP contribution is 2.54. The number of hydrogen-bond acceptors (Lipinski definition) is 3. The molecule has 2 aliphatic rings. The first kappa shape index (κ1) is 21.0. The Hall–Kier alpha value is -2.90. The van der Waals surface area contributed by atoms with Gasteiger partial charge in [0.25, 0.3) is 11.8 Å². The van der Waals surface area contributed by atoms with Gasteiger partial charge in [0.2, 0.25) is 0 Å². The van der Waals surface area contributed by atoms with E-state index in [9.17, 15) is 18.4 Å². The lowest BCUT2D eigenvalue weighted by Gasteiger charge is -2.33. The Balaban J connectivity index is 1.58. The molecule has 0 saturated carbocycles. The number of nitrogens with zero attached hydrogens (tertiary/aromatic N) is 2. The first-order valence-corrected chi connectivity index (χ1v) is 11.3. The van der Waals surface area contributed by atoms with Gasteiger partial charge in [-0.25, -0.2) is 8.78 Å². The van der Waals surface area contributed by atoms with Gasteiger partial charge in [0.15, 0.2) is 4.87 Å². The lowest BCUT2D eigenvalue weighted by Crippen LogP contribution is -2.50. The van der Waals surface area contributed by atoms with Gasteiger partial charge in [-0.3, -0.25) is 9.59 Å². The molecular formula is C24H17ClF2N2O2S. The molecule has 2 aliphatic heterocycles. The first-order chi connectivity index (χ1) is 15.4. The Morgan fingerprint density at radius 2 is 1.69 bits per heavy atom. The quantitative estimate of drug-likeness (QED) is 0.528. The van der Waals surface area contributed by atoms with E-state index in [0.717, 1.165) is 5.56 Å². The van der Waals surface area contributed by atoms with Crippen molar-refractivity contribution in [2.45, 2.75) is 11.4 Å². The minimum Gasteiger partial charge on any atom is -0.311 e. The summed E-state index contributed by atoms with van der Waals surface area (Å²) in [5.41, 5.74) is 2.13. The molecule has 1 unspecified atom stereocenters. The maximum absolute atomic E-state index is 14.3. The summed E-state index contributed by atoms with van der Waals surface area (Å²) in [5.74, 6) is -0.950. The molecule has 0 aromatic heterocycles. The van der Waals surface area contributed by atoms with Crippen molar-refractivity contribution in [3.05, 3.63) is 100 Å². The number of thioether (sulfide) groups is 1. The molecule has 8 heteroatoms. The van der Waals surface area contributed by atoms with Crippen LogP contribution in [-0.2, 0) is 16.2 Å². The van der Waals surface area contributed by atoms with Crippen molar-refractivity contribution in [2.75, 3.05) is 17.2 Å². The monoisotopic (exact) mass is 470 g/mol. The first-order valence-electron chi connectivity index (χ1n) is 9.98. The molecule has 32 heavy (non-hydrogen) atoms. The van der Waals surface area contributed by atoms with Gasteiger partial charge in [0.1, 0.15) is 11.6 Å². The Labute approximate surface area is 192 Å². The Morgan fingerprint density at radius 3 is 2.41 bits per heavy atom. The van der Waals surface area contributed by atoms with Crippen molar-refractivity contribution in [1.29, 1.82) is 0 Å². The third kappa shape index (κ3) is 3.27. The second-order valence-electron chi connectivity index (χ2n) is 7.64. The van der Waals surface area contributed by atoms with Crippen molar-refractivity contribution in [3.8, 4) is 0 Å². The van der Waals surface area contributed by atoms with Gasteiger partial charge in [0.05, 0.1) is 12.2 Å². The van der Waals surface area contributed by atoms with E-state index < -0.39 is 10.7 Å². The Kier molecular flexibility index (Phi) is 5.18. The van der Waals surface area contributed by atoms with Crippen LogP contribution in [0.3, 0.4) is 0 Å². The van der Waals surface area contributed by atoms with Crippen LogP contribution < -0.4 is 4.90 Å². The third-order valence-electron chi connectivity index (χ3n) is 5.75. The van der Waals surface area contributed by atoms with Crippen LogP contribution >= 0.6 is 23.4 Å². The summed E-state index contributed by atoms with van der Waals surface area (Å²) in [7, 11) is 0. The number of carbonyl (C=O) groups is 2. The zero-order valence-electron chi connectivity index (χ0n) is 16.7. The Bertz CT molecular complexity index is 1220. The molecule has 3 aromatic carbocycles. The number of hydrogen-bond donors (Lipinski definition) is 0. The predicted molar refractivity (Wildman–Crippen MR) is 121 cm³/mol. The van der Waals surface area contributed by atoms with Crippen LogP contribution in [0, 0.1) is 11.6 Å². The maximum atomic E-state index is 14.3. The van der Waals surface area contributed by atoms with Crippen molar-refractivity contribution in [3.63, 3.8) is 0 Å². The summed E-state index contributed by atoms with van der Waals surface area (Å²) in [6, 6.07) is 16.5. The summed E-state index contributed by atoms with van der Waals surface area (Å²) < 4.78 is 27.7. The van der Waals surface area contributed by atoms with Gasteiger partial charge in [-0.05, 0) is 60.2 Å². The van der Waals surface area contributed by atoms with Gasteiger partial charge in [-0.15, -0.1) is 11.8 Å². The molecule has 0 bridgehead atoms. The molecule has 1 fully saturated rings. The molecule has 1 saturated heterocycles. The van der Waals surface area contributed by atoms with Crippen molar-refractivity contribution in [2.24, 2.45) is 0 Å². The average Bonchev–Trinajstić information content (AvgIpc) is 3.32. The zero-order valence-corrected chi connectivity index (χ0v) is 18.3. The molecule has 0 radical (unpaired) electrons. The summed E-state index contributed by atoms with van der Waals surface area (Å²) in [5, 5.41) is 0.502. The highest BCUT2D eigenvalue weighted by molar-refractivity contribution is 8.01. The highest BCUT2D eigenvalue weighted by Gasteiger charge is 2.59. The van der Waals surface area contributed by atoms with Gasteiger partial charge < -0.3 is 9.80 Å². The zero-order chi connectivity index (χ0) is 22.5. The van der Waals surface area contributed by atoms with Crippen LogP contribution in [0.4, 0.5) is 14.5 Å². The summed E-state index contributed by atoms with van der Waals surface area (Å²) in [4.78, 5) is 29.0. The maximum Gasteiger partial charge on any atom is 0.268 e. The molecule has 1 spiro atoms. The number of benzene rings is 3. The molecule has 5 rings (SSSR count). The van der Waals surface area contributed by atoms with Gasteiger partial charge in [0, 0.05) is 28.4 Å². The van der Waals surface area contributed by atoms with E-state index in [1.54, 1.807) is 47.4 Å². The lowest BCUT2D eigenvalue weighted by atomic mass is 10.0. The smallest absolute Gasteiger partial charge is 0.268 e. The molecule has 4 nitrogen and oxygen atoms in total. The van der Waals surface area contributed by atoms with E-state index in [0.29, 0.717) is 34.1 Å². The number of carbonyl (C=O) groups excluding carboxylic acids is 2. The highest BCUT2D eigenvalue weighted by atomic mass is 35.5. The van der Waals surface area contributed by atoms with Crippen LogP contribution in [0.2, 0.25) is 5.02 Å². The van der Waals surface area contributed by atoms with E-state index in [4.69, 9.17) is 11.6 Å². The number of fused-ring (bicyclic) bond motifs is 2. The number of anilines is 1. The predicted octanol–water partition coefficient (Wildman–Crippen LogP) is 5.21. The van der Waals surface area contributed by atoms with Crippen molar-refractivity contribution in [1.82, 2.24) is 4.90 Å². The fourth-order valence-electron chi connectivity index (χ4n) is 4.27. The van der Waals surface area contributed by atoms with Crippen LogP contribution in [0.15, 0.2) is 66.7 Å². The standard InChI is InChI=1S/C24H17ClF2N2O2S/c25-17-5-3-16(4-6-17)22(30)29-11-12-32-24(29)20-13-19(27)9-10-21(20)28(23(24)31)14-15-1-7-18(26)8-2-15/h1-10,13H,11-12,14H2. The van der Waals surface area contributed by atoms with Crippen LogP contribution in [0.5, 0.6) is 0 Å². The summed E-state index contributed by atoms with van der Waals surface area (Å²) >= 11 is 7.28. The topological polar surface area (TPSA) is 40.6 Å². The van der Waals surface area contributed by atoms with E-state index in [2.05, 4.69) is 0 Å².